The summed E-state index contributed by atoms with van der Waals surface area (Å²) in [6.07, 6.45) is 2.50. The van der Waals surface area contributed by atoms with Gasteiger partial charge in [0.25, 0.3) is 17.6 Å². The van der Waals surface area contributed by atoms with Crippen molar-refractivity contribution in [2.24, 2.45) is 0 Å². The Morgan fingerprint density at radius 3 is 2.52 bits per heavy atom. The molecular weight excluding hydrogens is 428 g/mol. The fourth-order valence-electron chi connectivity index (χ4n) is 4.06. The number of carboxylic acid groups (broad SMARTS) is 1. The van der Waals surface area contributed by atoms with Crippen molar-refractivity contribution < 1.29 is 29.0 Å². The summed E-state index contributed by atoms with van der Waals surface area (Å²) in [7, 11) is 1.37. The fourth-order valence-corrected chi connectivity index (χ4v) is 4.06. The molecule has 1 aromatic carbocycles. The molecule has 170 valence electrons. The molecule has 0 spiro atoms. The zero-order valence-corrected chi connectivity index (χ0v) is 18.1. The van der Waals surface area contributed by atoms with Crippen molar-refractivity contribution in [3.05, 3.63) is 59.5 Å². The number of hydrogen-bond acceptors (Lipinski definition) is 6. The Labute approximate surface area is 188 Å². The number of carbonyl (C=O) groups excluding carboxylic acids is 3. The van der Waals surface area contributed by atoms with E-state index in [1.165, 1.54) is 24.4 Å². The summed E-state index contributed by atoms with van der Waals surface area (Å²) in [5.74, 6) is -2.75. The highest BCUT2D eigenvalue weighted by Crippen LogP contribution is 2.30. The van der Waals surface area contributed by atoms with E-state index in [-0.39, 0.29) is 59.5 Å². The summed E-state index contributed by atoms with van der Waals surface area (Å²) >= 11 is 0. The molecule has 10 nitrogen and oxygen atoms in total. The van der Waals surface area contributed by atoms with Crippen molar-refractivity contribution >= 4 is 34.5 Å². The number of pyridine rings is 1. The third-order valence-electron chi connectivity index (χ3n) is 5.73. The molecule has 2 amide bonds. The van der Waals surface area contributed by atoms with Crippen LogP contribution in [0.4, 0.5) is 0 Å². The topological polar surface area (TPSA) is 133 Å². The van der Waals surface area contributed by atoms with Crippen molar-refractivity contribution in [3.8, 4) is 5.75 Å². The Kier molecular flexibility index (Phi) is 5.82. The normalized spacial score (nSPS) is 16.0. The first-order chi connectivity index (χ1) is 15.8. The van der Waals surface area contributed by atoms with Crippen LogP contribution in [-0.2, 0) is 4.79 Å². The summed E-state index contributed by atoms with van der Waals surface area (Å²) < 4.78 is 5.24. The number of ketones is 1. The average Bonchev–Trinajstić information content (AvgIpc) is 3.27. The zero-order valence-electron chi connectivity index (χ0n) is 18.1. The second-order valence-electron chi connectivity index (χ2n) is 7.73. The minimum Gasteiger partial charge on any atom is -0.494 e. The quantitative estimate of drug-likeness (QED) is 0.447. The molecule has 0 bridgehead atoms. The molecule has 3 heterocycles. The molecule has 1 aliphatic heterocycles. The first-order valence-corrected chi connectivity index (χ1v) is 10.3. The second-order valence-corrected chi connectivity index (χ2v) is 7.73. The highest BCUT2D eigenvalue weighted by molar-refractivity contribution is 6.45. The minimum atomic E-state index is -1.28. The number of amides is 2. The average molecular weight is 450 g/mol. The maximum absolute atomic E-state index is 13.1. The Morgan fingerprint density at radius 2 is 1.88 bits per heavy atom. The summed E-state index contributed by atoms with van der Waals surface area (Å²) in [6.45, 7) is 2.52. The zero-order chi connectivity index (χ0) is 23.7. The first kappa shape index (κ1) is 22.0. The standard InChI is InChI=1S/C23H22N4O6/c1-13-12-26(8-9-27(13)21(29)14-6-4-3-5-7-14)22(30)20(28)15-10-24-18-17(15)16(33-2)11-25-19(18)23(31)32/h3-7,10-11,13,24H,8-9,12H2,1-2H3,(H,31,32). The van der Waals surface area contributed by atoms with Gasteiger partial charge >= 0.3 is 5.97 Å². The number of aromatic carboxylic acids is 1. The Bertz CT molecular complexity index is 1250. The highest BCUT2D eigenvalue weighted by Gasteiger charge is 2.34. The summed E-state index contributed by atoms with van der Waals surface area (Å²) in [4.78, 5) is 60.1. The molecule has 4 rings (SSSR count). The third-order valence-corrected chi connectivity index (χ3v) is 5.73. The molecule has 1 atom stereocenters. The molecule has 1 fully saturated rings. The number of rotatable bonds is 5. The van der Waals surface area contributed by atoms with Crippen LogP contribution in [0.1, 0.15) is 38.1 Å². The highest BCUT2D eigenvalue weighted by atomic mass is 16.5. The van der Waals surface area contributed by atoms with Crippen LogP contribution < -0.4 is 4.74 Å². The van der Waals surface area contributed by atoms with Gasteiger partial charge in [-0.1, -0.05) is 18.2 Å². The largest absolute Gasteiger partial charge is 0.494 e. The third kappa shape index (κ3) is 3.91. The number of nitrogens with zero attached hydrogens (tertiary/aromatic N) is 3. The van der Waals surface area contributed by atoms with Crippen LogP contribution in [0.5, 0.6) is 5.75 Å². The molecule has 3 aromatic rings. The number of carboxylic acids is 1. The first-order valence-electron chi connectivity index (χ1n) is 10.3. The predicted molar refractivity (Wildman–Crippen MR) is 117 cm³/mol. The number of nitrogens with one attached hydrogen (secondary N) is 1. The van der Waals surface area contributed by atoms with E-state index in [1.54, 1.807) is 29.2 Å². The van der Waals surface area contributed by atoms with Gasteiger partial charge in [-0.15, -0.1) is 0 Å². The number of aromatic amines is 1. The van der Waals surface area contributed by atoms with Crippen molar-refractivity contribution in [2.45, 2.75) is 13.0 Å². The van der Waals surface area contributed by atoms with E-state index in [2.05, 4.69) is 9.97 Å². The van der Waals surface area contributed by atoms with Crippen LogP contribution in [0, 0.1) is 0 Å². The number of benzene rings is 1. The maximum Gasteiger partial charge on any atom is 0.356 e. The lowest BCUT2D eigenvalue weighted by Crippen LogP contribution is -2.56. The van der Waals surface area contributed by atoms with Gasteiger partial charge in [0.15, 0.2) is 5.69 Å². The summed E-state index contributed by atoms with van der Waals surface area (Å²) in [5, 5.41) is 9.56. The smallest absolute Gasteiger partial charge is 0.356 e. The van der Waals surface area contributed by atoms with E-state index < -0.39 is 17.7 Å². The lowest BCUT2D eigenvalue weighted by molar-refractivity contribution is -0.128. The van der Waals surface area contributed by atoms with Crippen LogP contribution in [-0.4, -0.2) is 81.2 Å². The van der Waals surface area contributed by atoms with Gasteiger partial charge in [-0.3, -0.25) is 14.4 Å². The van der Waals surface area contributed by atoms with Crippen LogP contribution in [0.3, 0.4) is 0 Å². The van der Waals surface area contributed by atoms with Crippen molar-refractivity contribution in [1.29, 1.82) is 0 Å². The number of carbonyl (C=O) groups is 4. The number of ether oxygens (including phenoxy) is 1. The monoisotopic (exact) mass is 450 g/mol. The van der Waals surface area contributed by atoms with E-state index >= 15 is 0 Å². The summed E-state index contributed by atoms with van der Waals surface area (Å²) in [6, 6.07) is 8.59. The fraction of sp³-hybridized carbons (Fsp3) is 0.261. The molecule has 2 aromatic heterocycles. The molecule has 0 saturated carbocycles. The number of aromatic nitrogens is 2. The molecule has 10 heteroatoms. The second kappa shape index (κ2) is 8.73. The molecule has 1 aliphatic rings. The van der Waals surface area contributed by atoms with E-state index in [9.17, 15) is 24.3 Å². The van der Waals surface area contributed by atoms with Crippen molar-refractivity contribution in [3.63, 3.8) is 0 Å². The van der Waals surface area contributed by atoms with Crippen LogP contribution in [0.2, 0.25) is 0 Å². The SMILES string of the molecule is COc1cnc(C(=O)O)c2[nH]cc(C(=O)C(=O)N3CCN(C(=O)c4ccccc4)C(C)C3)c12. The molecule has 0 radical (unpaired) electrons. The van der Waals surface area contributed by atoms with Crippen LogP contribution in [0.15, 0.2) is 42.7 Å². The van der Waals surface area contributed by atoms with Crippen molar-refractivity contribution in [1.82, 2.24) is 19.8 Å². The lowest BCUT2D eigenvalue weighted by Gasteiger charge is -2.39. The van der Waals surface area contributed by atoms with E-state index in [4.69, 9.17) is 4.74 Å². The molecule has 1 unspecified atom stereocenters. The molecule has 1 saturated heterocycles. The number of piperazine rings is 1. The van der Waals surface area contributed by atoms with Crippen molar-refractivity contribution in [2.75, 3.05) is 26.7 Å². The number of hydrogen-bond donors (Lipinski definition) is 2. The van der Waals surface area contributed by atoms with Gasteiger partial charge in [-0.25, -0.2) is 9.78 Å². The molecule has 0 aliphatic carbocycles. The molecular formula is C23H22N4O6. The van der Waals surface area contributed by atoms with Gasteiger partial charge in [0.1, 0.15) is 5.75 Å². The van der Waals surface area contributed by atoms with E-state index in [1.807, 2.05) is 13.0 Å². The van der Waals surface area contributed by atoms with Crippen LogP contribution >= 0.6 is 0 Å². The lowest BCUT2D eigenvalue weighted by atomic mass is 10.1. The number of Topliss-reactive ketones (excluding diaryl/α,β-unsaturated/α-hetero) is 1. The molecule has 33 heavy (non-hydrogen) atoms. The Hall–Kier alpha value is -4.21. The Balaban J connectivity index is 1.56. The van der Waals surface area contributed by atoms with Gasteiger partial charge in [-0.2, -0.15) is 0 Å². The number of methoxy groups -OCH3 is 1. The summed E-state index contributed by atoms with van der Waals surface area (Å²) in [5.41, 5.74) is 0.393. The van der Waals surface area contributed by atoms with E-state index in [0.717, 1.165) is 0 Å². The number of fused-ring (bicyclic) bond motifs is 1. The van der Waals surface area contributed by atoms with Gasteiger partial charge in [0, 0.05) is 37.4 Å². The van der Waals surface area contributed by atoms with Gasteiger partial charge < -0.3 is 24.6 Å². The Morgan fingerprint density at radius 1 is 1.15 bits per heavy atom. The minimum absolute atomic E-state index is 0.00666. The van der Waals surface area contributed by atoms with Gasteiger partial charge in [0.2, 0.25) is 0 Å². The van der Waals surface area contributed by atoms with Crippen LogP contribution in [0.25, 0.3) is 10.9 Å². The molecule has 2 N–H and O–H groups in total. The van der Waals surface area contributed by atoms with Gasteiger partial charge in [0.05, 0.1) is 29.8 Å². The van der Waals surface area contributed by atoms with Gasteiger partial charge in [-0.05, 0) is 19.1 Å². The maximum atomic E-state index is 13.1. The number of H-pyrrole nitrogens is 1. The predicted octanol–water partition coefficient (Wildman–Crippen LogP) is 1.83. The van der Waals surface area contributed by atoms with E-state index in [0.29, 0.717) is 5.56 Å².